The number of hydrogen-bond acceptors (Lipinski definition) is 3. The summed E-state index contributed by atoms with van der Waals surface area (Å²) < 4.78 is 10.1. The third kappa shape index (κ3) is 5.96. The fraction of sp³-hybridized carbons (Fsp3) is 0.364. The zero-order valence-corrected chi connectivity index (χ0v) is 9.46. The number of ether oxygens (including phenoxy) is 2. The van der Waals surface area contributed by atoms with Gasteiger partial charge in [-0.05, 0) is 19.1 Å². The van der Waals surface area contributed by atoms with E-state index in [1.807, 2.05) is 30.3 Å². The van der Waals surface area contributed by atoms with Crippen molar-refractivity contribution in [2.45, 2.75) is 13.3 Å². The molecule has 0 N–H and O–H groups in total. The third-order valence-corrected chi connectivity index (χ3v) is 1.62. The smallest absolute Gasteiger partial charge is 0.309 e. The number of rotatable bonds is 5. The highest BCUT2D eigenvalue weighted by molar-refractivity contribution is 5.85. The van der Waals surface area contributed by atoms with Gasteiger partial charge in [-0.15, -0.1) is 12.4 Å². The van der Waals surface area contributed by atoms with Crippen molar-refractivity contribution in [3.63, 3.8) is 0 Å². The van der Waals surface area contributed by atoms with Crippen LogP contribution in [-0.2, 0) is 9.53 Å². The fourth-order valence-corrected chi connectivity index (χ4v) is 1.00. The molecule has 1 rings (SSSR count). The Balaban J connectivity index is 0.00000196. The summed E-state index contributed by atoms with van der Waals surface area (Å²) in [5, 5.41) is 0. The molecular weight excluding hydrogens is 216 g/mol. The third-order valence-electron chi connectivity index (χ3n) is 1.62. The zero-order chi connectivity index (χ0) is 10.2. The quantitative estimate of drug-likeness (QED) is 0.729. The molecule has 1 aromatic rings. The van der Waals surface area contributed by atoms with Gasteiger partial charge in [-0.1, -0.05) is 18.2 Å². The largest absolute Gasteiger partial charge is 0.493 e. The number of hydrogen-bond donors (Lipinski definition) is 0. The molecule has 0 amide bonds. The maximum atomic E-state index is 10.9. The van der Waals surface area contributed by atoms with Crippen LogP contribution in [0.3, 0.4) is 0 Å². The van der Waals surface area contributed by atoms with Crippen molar-refractivity contribution in [2.75, 3.05) is 13.2 Å². The Labute approximate surface area is 95.8 Å². The molecule has 0 heterocycles. The highest BCUT2D eigenvalue weighted by Gasteiger charge is 2.01. The number of esters is 1. The number of carbonyl (C=O) groups is 1. The second kappa shape index (κ2) is 8.12. The van der Waals surface area contributed by atoms with Crippen LogP contribution in [0.25, 0.3) is 0 Å². The lowest BCUT2D eigenvalue weighted by Crippen LogP contribution is -2.09. The van der Waals surface area contributed by atoms with E-state index in [-0.39, 0.29) is 18.4 Å². The Kier molecular flexibility index (Phi) is 7.46. The molecule has 0 bridgehead atoms. The van der Waals surface area contributed by atoms with Crippen LogP contribution in [0.4, 0.5) is 0 Å². The second-order valence-corrected chi connectivity index (χ2v) is 2.72. The highest BCUT2D eigenvalue weighted by atomic mass is 35.5. The van der Waals surface area contributed by atoms with Crippen molar-refractivity contribution in [1.29, 1.82) is 0 Å². The van der Waals surface area contributed by atoms with Crippen molar-refractivity contribution in [2.24, 2.45) is 0 Å². The first-order chi connectivity index (χ1) is 6.83. The molecule has 15 heavy (non-hydrogen) atoms. The van der Waals surface area contributed by atoms with Gasteiger partial charge in [-0.25, -0.2) is 0 Å². The maximum absolute atomic E-state index is 10.9. The van der Waals surface area contributed by atoms with Gasteiger partial charge in [0.1, 0.15) is 5.75 Å². The molecule has 0 saturated heterocycles. The topological polar surface area (TPSA) is 35.5 Å². The molecule has 0 aliphatic heterocycles. The van der Waals surface area contributed by atoms with Crippen molar-refractivity contribution >= 4 is 18.4 Å². The summed E-state index contributed by atoms with van der Waals surface area (Å²) in [6.07, 6.45) is 0.294. The molecule has 0 aromatic heterocycles. The first-order valence-corrected chi connectivity index (χ1v) is 4.66. The van der Waals surface area contributed by atoms with Crippen molar-refractivity contribution in [1.82, 2.24) is 0 Å². The Bertz CT molecular complexity index is 274. The first kappa shape index (κ1) is 13.8. The van der Waals surface area contributed by atoms with Gasteiger partial charge in [0.2, 0.25) is 0 Å². The number of para-hydroxylation sites is 1. The molecule has 0 aliphatic carbocycles. The van der Waals surface area contributed by atoms with Crippen LogP contribution in [0.1, 0.15) is 13.3 Å². The van der Waals surface area contributed by atoms with Crippen LogP contribution in [0.15, 0.2) is 30.3 Å². The van der Waals surface area contributed by atoms with Gasteiger partial charge in [0.25, 0.3) is 0 Å². The molecule has 0 atom stereocenters. The molecule has 0 spiro atoms. The van der Waals surface area contributed by atoms with Gasteiger partial charge in [0.05, 0.1) is 19.6 Å². The van der Waals surface area contributed by atoms with Gasteiger partial charge in [-0.2, -0.15) is 0 Å². The van der Waals surface area contributed by atoms with Gasteiger partial charge in [-0.3, -0.25) is 4.79 Å². The minimum absolute atomic E-state index is 0. The Morgan fingerprint density at radius 1 is 1.27 bits per heavy atom. The summed E-state index contributed by atoms with van der Waals surface area (Å²) in [6, 6.07) is 9.40. The molecule has 4 heteroatoms. The zero-order valence-electron chi connectivity index (χ0n) is 8.64. The fourth-order valence-electron chi connectivity index (χ4n) is 1.00. The van der Waals surface area contributed by atoms with Crippen LogP contribution in [0, 0.1) is 0 Å². The predicted molar refractivity (Wildman–Crippen MR) is 60.4 cm³/mol. The monoisotopic (exact) mass is 230 g/mol. The number of carbonyl (C=O) groups excluding carboxylic acids is 1. The normalized spacial score (nSPS) is 8.87. The lowest BCUT2D eigenvalue weighted by Gasteiger charge is -2.04. The van der Waals surface area contributed by atoms with E-state index in [9.17, 15) is 4.79 Å². The van der Waals surface area contributed by atoms with E-state index in [0.29, 0.717) is 19.6 Å². The van der Waals surface area contributed by atoms with Crippen molar-refractivity contribution in [3.8, 4) is 5.75 Å². The summed E-state index contributed by atoms with van der Waals surface area (Å²) >= 11 is 0. The Morgan fingerprint density at radius 3 is 2.53 bits per heavy atom. The Morgan fingerprint density at radius 2 is 1.93 bits per heavy atom. The van der Waals surface area contributed by atoms with E-state index in [1.165, 1.54) is 0 Å². The van der Waals surface area contributed by atoms with Crippen molar-refractivity contribution < 1.29 is 14.3 Å². The number of benzene rings is 1. The first-order valence-electron chi connectivity index (χ1n) is 4.66. The number of halogens is 1. The SMILES string of the molecule is CCOC(=O)CCOc1ccccc1.Cl. The average Bonchev–Trinajstić information content (AvgIpc) is 2.20. The van der Waals surface area contributed by atoms with Gasteiger partial charge >= 0.3 is 5.97 Å². The van der Waals surface area contributed by atoms with E-state index in [4.69, 9.17) is 9.47 Å². The molecule has 84 valence electrons. The van der Waals surface area contributed by atoms with E-state index in [1.54, 1.807) is 6.92 Å². The summed E-state index contributed by atoms with van der Waals surface area (Å²) in [7, 11) is 0. The Hall–Kier alpha value is -1.22. The lowest BCUT2D eigenvalue weighted by atomic mass is 10.3. The summed E-state index contributed by atoms with van der Waals surface area (Å²) in [5.41, 5.74) is 0. The van der Waals surface area contributed by atoms with Crippen LogP contribution in [0.2, 0.25) is 0 Å². The van der Waals surface area contributed by atoms with E-state index >= 15 is 0 Å². The molecular formula is C11H15ClO3. The van der Waals surface area contributed by atoms with Crippen LogP contribution in [0.5, 0.6) is 5.75 Å². The van der Waals surface area contributed by atoms with Gasteiger partial charge in [0.15, 0.2) is 0 Å². The van der Waals surface area contributed by atoms with Crippen LogP contribution >= 0.6 is 12.4 Å². The minimum atomic E-state index is -0.219. The summed E-state index contributed by atoms with van der Waals surface area (Å²) in [5.74, 6) is 0.556. The predicted octanol–water partition coefficient (Wildman–Crippen LogP) is 2.44. The molecule has 0 unspecified atom stereocenters. The van der Waals surface area contributed by atoms with E-state index in [0.717, 1.165) is 5.75 Å². The molecule has 3 nitrogen and oxygen atoms in total. The molecule has 1 aromatic carbocycles. The summed E-state index contributed by atoms with van der Waals surface area (Å²) in [6.45, 7) is 2.57. The highest BCUT2D eigenvalue weighted by Crippen LogP contribution is 2.08. The van der Waals surface area contributed by atoms with Crippen LogP contribution in [-0.4, -0.2) is 19.2 Å². The maximum Gasteiger partial charge on any atom is 0.309 e. The average molecular weight is 231 g/mol. The summed E-state index contributed by atoms with van der Waals surface area (Å²) in [4.78, 5) is 10.9. The lowest BCUT2D eigenvalue weighted by molar-refractivity contribution is -0.143. The second-order valence-electron chi connectivity index (χ2n) is 2.72. The molecule has 0 fully saturated rings. The standard InChI is InChI=1S/C11H14O3.ClH/c1-2-13-11(12)8-9-14-10-6-4-3-5-7-10;/h3-7H,2,8-9H2,1H3;1H. The van der Waals surface area contributed by atoms with E-state index in [2.05, 4.69) is 0 Å². The van der Waals surface area contributed by atoms with E-state index < -0.39 is 0 Å². The molecule has 0 aliphatic rings. The molecule has 0 radical (unpaired) electrons. The minimum Gasteiger partial charge on any atom is -0.493 e. The van der Waals surface area contributed by atoms with Gasteiger partial charge < -0.3 is 9.47 Å². The van der Waals surface area contributed by atoms with Crippen LogP contribution < -0.4 is 4.74 Å². The molecule has 0 saturated carbocycles. The van der Waals surface area contributed by atoms with Crippen molar-refractivity contribution in [3.05, 3.63) is 30.3 Å². The van der Waals surface area contributed by atoms with Gasteiger partial charge in [0, 0.05) is 0 Å².